The van der Waals surface area contributed by atoms with Gasteiger partial charge in [-0.3, -0.25) is 4.79 Å². The van der Waals surface area contributed by atoms with Crippen molar-refractivity contribution in [3.8, 4) is 0 Å². The summed E-state index contributed by atoms with van der Waals surface area (Å²) in [5.74, 6) is -2.01. The third-order valence-corrected chi connectivity index (χ3v) is 5.26. The zero-order chi connectivity index (χ0) is 21.1. The van der Waals surface area contributed by atoms with Gasteiger partial charge in [0.05, 0.1) is 0 Å². The molecule has 1 N–H and O–H groups in total. The first-order valence-corrected chi connectivity index (χ1v) is 9.75. The van der Waals surface area contributed by atoms with E-state index in [0.717, 1.165) is 21.6 Å². The minimum absolute atomic E-state index is 0.253. The van der Waals surface area contributed by atoms with Crippen LogP contribution in [0.25, 0.3) is 0 Å². The summed E-state index contributed by atoms with van der Waals surface area (Å²) in [5, 5.41) is 9.66. The van der Waals surface area contributed by atoms with Crippen molar-refractivity contribution < 1.29 is 19.5 Å². The van der Waals surface area contributed by atoms with Crippen molar-refractivity contribution in [2.45, 2.75) is 45.8 Å². The van der Waals surface area contributed by atoms with Crippen LogP contribution in [0.5, 0.6) is 0 Å². The average molecular weight is 394 g/mol. The topological polar surface area (TPSA) is 77.9 Å². The van der Waals surface area contributed by atoms with E-state index in [4.69, 9.17) is 0 Å². The molecule has 1 heterocycles. The number of carbonyl (C=O) groups excluding carboxylic acids is 2. The van der Waals surface area contributed by atoms with E-state index in [0.29, 0.717) is 6.42 Å². The summed E-state index contributed by atoms with van der Waals surface area (Å²) in [6.45, 7) is 5.64. The molecular formula is C23H26N2O4. The molecule has 2 atom stereocenters. The van der Waals surface area contributed by atoms with Gasteiger partial charge in [0, 0.05) is 13.0 Å². The summed E-state index contributed by atoms with van der Waals surface area (Å²) in [7, 11) is 0. The molecule has 2 unspecified atom stereocenters. The zero-order valence-electron chi connectivity index (χ0n) is 16.9. The van der Waals surface area contributed by atoms with Gasteiger partial charge in [0.25, 0.3) is 5.91 Å². The van der Waals surface area contributed by atoms with E-state index < -0.39 is 35.9 Å². The Kier molecular flexibility index (Phi) is 6.01. The zero-order valence-corrected chi connectivity index (χ0v) is 16.9. The molecule has 3 amide bonds. The van der Waals surface area contributed by atoms with Crippen molar-refractivity contribution in [1.82, 2.24) is 9.80 Å². The van der Waals surface area contributed by atoms with Crippen LogP contribution in [0.3, 0.4) is 0 Å². The van der Waals surface area contributed by atoms with E-state index in [1.807, 2.05) is 61.5 Å². The van der Waals surface area contributed by atoms with Gasteiger partial charge in [-0.2, -0.15) is 0 Å². The average Bonchev–Trinajstić information content (AvgIpc) is 2.89. The number of carboxylic acid groups (broad SMARTS) is 1. The van der Waals surface area contributed by atoms with Crippen molar-refractivity contribution in [3.05, 3.63) is 71.3 Å². The first kappa shape index (κ1) is 20.6. The summed E-state index contributed by atoms with van der Waals surface area (Å²) >= 11 is 0. The number of aliphatic carboxylic acids is 1. The predicted molar refractivity (Wildman–Crippen MR) is 109 cm³/mol. The molecule has 0 bridgehead atoms. The van der Waals surface area contributed by atoms with Crippen LogP contribution in [0.1, 0.15) is 30.5 Å². The van der Waals surface area contributed by atoms with Gasteiger partial charge in [0.2, 0.25) is 0 Å². The standard InChI is InChI=1S/C23H26N2O4/c1-15(2)20(22(27)28)25-21(26)19(13-17-7-5-4-6-8-17)24(23(25)29)14-18-11-9-16(3)10-12-18/h4-12,15,19-20H,13-14H2,1-3H3,(H,27,28). The van der Waals surface area contributed by atoms with Crippen molar-refractivity contribution >= 4 is 17.9 Å². The Morgan fingerprint density at radius 1 is 1.00 bits per heavy atom. The Hall–Kier alpha value is -3.15. The van der Waals surface area contributed by atoms with Crippen LogP contribution in [0, 0.1) is 12.8 Å². The summed E-state index contributed by atoms with van der Waals surface area (Å²) in [6.07, 6.45) is 0.345. The highest BCUT2D eigenvalue weighted by Gasteiger charge is 2.50. The smallest absolute Gasteiger partial charge is 0.328 e. The molecule has 0 aromatic heterocycles. The predicted octanol–water partition coefficient (Wildman–Crippen LogP) is 3.48. The second-order valence-corrected chi connectivity index (χ2v) is 7.84. The number of benzene rings is 2. The van der Waals surface area contributed by atoms with E-state index >= 15 is 0 Å². The highest BCUT2D eigenvalue weighted by Crippen LogP contribution is 2.28. The lowest BCUT2D eigenvalue weighted by atomic mass is 10.0. The van der Waals surface area contributed by atoms with E-state index in [-0.39, 0.29) is 6.54 Å². The number of urea groups is 1. The summed E-state index contributed by atoms with van der Waals surface area (Å²) in [4.78, 5) is 40.7. The van der Waals surface area contributed by atoms with E-state index in [1.54, 1.807) is 13.8 Å². The number of hydrogen-bond acceptors (Lipinski definition) is 3. The molecule has 1 saturated heterocycles. The van der Waals surface area contributed by atoms with Crippen LogP contribution in [-0.2, 0) is 22.6 Å². The lowest BCUT2D eigenvalue weighted by Gasteiger charge is -2.25. The highest BCUT2D eigenvalue weighted by molar-refractivity contribution is 6.07. The molecule has 1 aliphatic rings. The van der Waals surface area contributed by atoms with Gasteiger partial charge in [0.1, 0.15) is 12.1 Å². The SMILES string of the molecule is Cc1ccc(CN2C(=O)N(C(C(=O)O)C(C)C)C(=O)C2Cc2ccccc2)cc1. The molecule has 1 aliphatic heterocycles. The van der Waals surface area contributed by atoms with Crippen LogP contribution in [-0.4, -0.2) is 44.9 Å². The number of imide groups is 1. The summed E-state index contributed by atoms with van der Waals surface area (Å²) < 4.78 is 0. The lowest BCUT2D eigenvalue weighted by Crippen LogP contribution is -2.48. The van der Waals surface area contributed by atoms with E-state index in [1.165, 1.54) is 4.90 Å². The molecule has 0 aliphatic carbocycles. The maximum Gasteiger partial charge on any atom is 0.328 e. The first-order chi connectivity index (χ1) is 13.8. The second kappa shape index (κ2) is 8.47. The van der Waals surface area contributed by atoms with Gasteiger partial charge in [-0.25, -0.2) is 14.5 Å². The van der Waals surface area contributed by atoms with Crippen LogP contribution < -0.4 is 0 Å². The Morgan fingerprint density at radius 2 is 1.62 bits per heavy atom. The third-order valence-electron chi connectivity index (χ3n) is 5.26. The van der Waals surface area contributed by atoms with Crippen molar-refractivity contribution in [1.29, 1.82) is 0 Å². The molecule has 0 radical (unpaired) electrons. The maximum absolute atomic E-state index is 13.2. The van der Waals surface area contributed by atoms with Gasteiger partial charge in [-0.1, -0.05) is 74.0 Å². The number of carbonyl (C=O) groups is 3. The fourth-order valence-electron chi connectivity index (χ4n) is 3.71. The molecular weight excluding hydrogens is 368 g/mol. The minimum Gasteiger partial charge on any atom is -0.480 e. The molecule has 29 heavy (non-hydrogen) atoms. The van der Waals surface area contributed by atoms with Crippen molar-refractivity contribution in [2.24, 2.45) is 5.92 Å². The van der Waals surface area contributed by atoms with Gasteiger partial charge in [0.15, 0.2) is 0 Å². The molecule has 0 saturated carbocycles. The lowest BCUT2D eigenvalue weighted by molar-refractivity contribution is -0.148. The number of aryl methyl sites for hydroxylation is 1. The molecule has 1 fully saturated rings. The Bertz CT molecular complexity index is 893. The minimum atomic E-state index is -1.18. The molecule has 3 rings (SSSR count). The third kappa shape index (κ3) is 4.31. The van der Waals surface area contributed by atoms with E-state index in [2.05, 4.69) is 0 Å². The molecule has 152 valence electrons. The van der Waals surface area contributed by atoms with Gasteiger partial charge < -0.3 is 10.0 Å². The van der Waals surface area contributed by atoms with Gasteiger partial charge >= 0.3 is 12.0 Å². The Balaban J connectivity index is 1.96. The first-order valence-electron chi connectivity index (χ1n) is 9.75. The molecule has 2 aromatic rings. The Labute approximate surface area is 170 Å². The van der Waals surface area contributed by atoms with E-state index in [9.17, 15) is 19.5 Å². The van der Waals surface area contributed by atoms with Crippen LogP contribution in [0.4, 0.5) is 4.79 Å². The van der Waals surface area contributed by atoms with Crippen molar-refractivity contribution in [3.63, 3.8) is 0 Å². The second-order valence-electron chi connectivity index (χ2n) is 7.84. The quantitative estimate of drug-likeness (QED) is 0.730. The Morgan fingerprint density at radius 3 is 2.17 bits per heavy atom. The number of amides is 3. The largest absolute Gasteiger partial charge is 0.480 e. The number of carboxylic acids is 1. The summed E-state index contributed by atoms with van der Waals surface area (Å²) in [6, 6.07) is 14.8. The molecule has 0 spiro atoms. The van der Waals surface area contributed by atoms with Crippen LogP contribution >= 0.6 is 0 Å². The van der Waals surface area contributed by atoms with Crippen LogP contribution in [0.15, 0.2) is 54.6 Å². The fourth-order valence-corrected chi connectivity index (χ4v) is 3.71. The highest BCUT2D eigenvalue weighted by atomic mass is 16.4. The van der Waals surface area contributed by atoms with Crippen molar-refractivity contribution in [2.75, 3.05) is 0 Å². The molecule has 6 nitrogen and oxygen atoms in total. The number of hydrogen-bond donors (Lipinski definition) is 1. The monoisotopic (exact) mass is 394 g/mol. The maximum atomic E-state index is 13.2. The molecule has 2 aromatic carbocycles. The number of rotatable bonds is 7. The fraction of sp³-hybridized carbons (Fsp3) is 0.348. The molecule has 6 heteroatoms. The normalized spacial score (nSPS) is 17.9. The van der Waals surface area contributed by atoms with Gasteiger partial charge in [-0.05, 0) is 24.0 Å². The summed E-state index contributed by atoms with van der Waals surface area (Å²) in [5.41, 5.74) is 2.92. The van der Waals surface area contributed by atoms with Gasteiger partial charge in [-0.15, -0.1) is 0 Å². The number of nitrogens with zero attached hydrogens (tertiary/aromatic N) is 2. The van der Waals surface area contributed by atoms with Crippen LogP contribution in [0.2, 0.25) is 0 Å².